The summed E-state index contributed by atoms with van der Waals surface area (Å²) < 4.78 is 7.38. The van der Waals surface area contributed by atoms with Crippen LogP contribution in [0.4, 0.5) is 4.79 Å². The van der Waals surface area contributed by atoms with Gasteiger partial charge in [0.2, 0.25) is 5.91 Å². The summed E-state index contributed by atoms with van der Waals surface area (Å²) in [5, 5.41) is 7.78. The molecule has 1 fully saturated rings. The van der Waals surface area contributed by atoms with Crippen LogP contribution in [0.3, 0.4) is 0 Å². The van der Waals surface area contributed by atoms with Crippen LogP contribution in [0.15, 0.2) is 24.3 Å². The Morgan fingerprint density at radius 1 is 1.13 bits per heavy atom. The number of carbonyl (C=O) groups excluding carboxylic acids is 2. The Hall–Kier alpha value is -2.83. The number of aryl methyl sites for hydroxylation is 2. The monoisotopic (exact) mass is 426 g/mol. The van der Waals surface area contributed by atoms with Gasteiger partial charge < -0.3 is 15.0 Å². The molecule has 31 heavy (non-hydrogen) atoms. The zero-order valence-corrected chi connectivity index (χ0v) is 19.5. The molecule has 7 heteroatoms. The number of benzene rings is 1. The number of nitrogens with one attached hydrogen (secondary N) is 1. The van der Waals surface area contributed by atoms with Crippen LogP contribution in [0, 0.1) is 26.7 Å². The van der Waals surface area contributed by atoms with Gasteiger partial charge in [-0.05, 0) is 66.0 Å². The maximum absolute atomic E-state index is 12.8. The molecule has 0 atom stereocenters. The van der Waals surface area contributed by atoms with E-state index in [1.807, 2.05) is 51.4 Å². The number of amides is 2. The van der Waals surface area contributed by atoms with Gasteiger partial charge in [0.05, 0.1) is 11.4 Å². The lowest BCUT2D eigenvalue weighted by atomic mass is 9.96. The van der Waals surface area contributed by atoms with Crippen molar-refractivity contribution in [3.05, 3.63) is 46.8 Å². The quantitative estimate of drug-likeness (QED) is 0.800. The minimum absolute atomic E-state index is 0.0336. The summed E-state index contributed by atoms with van der Waals surface area (Å²) in [5.41, 5.74) is 4.69. The van der Waals surface area contributed by atoms with Crippen molar-refractivity contribution in [2.45, 2.75) is 66.5 Å². The molecule has 0 radical (unpaired) electrons. The van der Waals surface area contributed by atoms with Gasteiger partial charge >= 0.3 is 6.09 Å². The molecule has 3 rings (SSSR count). The smallest absolute Gasteiger partial charge is 0.410 e. The number of ether oxygens (including phenoxy) is 1. The predicted octanol–water partition coefficient (Wildman–Crippen LogP) is 4.06. The average molecular weight is 427 g/mol. The Labute approximate surface area is 184 Å². The van der Waals surface area contributed by atoms with E-state index < -0.39 is 5.60 Å². The second kappa shape index (κ2) is 9.12. The molecule has 2 aromatic rings. The van der Waals surface area contributed by atoms with E-state index in [-0.39, 0.29) is 17.9 Å². The zero-order chi connectivity index (χ0) is 22.8. The van der Waals surface area contributed by atoms with Crippen LogP contribution >= 0.6 is 0 Å². The fraction of sp³-hybridized carbons (Fsp3) is 0.542. The summed E-state index contributed by atoms with van der Waals surface area (Å²) in [6.07, 6.45) is 0.984. The molecule has 1 N–H and O–H groups in total. The first-order valence-corrected chi connectivity index (χ1v) is 10.9. The van der Waals surface area contributed by atoms with Crippen molar-refractivity contribution in [3.63, 3.8) is 0 Å². The number of carbonyl (C=O) groups is 2. The van der Waals surface area contributed by atoms with E-state index in [2.05, 4.69) is 24.4 Å². The van der Waals surface area contributed by atoms with Gasteiger partial charge in [-0.25, -0.2) is 9.48 Å². The van der Waals surface area contributed by atoms with E-state index in [4.69, 9.17) is 9.84 Å². The maximum atomic E-state index is 12.8. The van der Waals surface area contributed by atoms with Crippen molar-refractivity contribution in [1.82, 2.24) is 20.0 Å². The molecular weight excluding hydrogens is 392 g/mol. The lowest BCUT2D eigenvalue weighted by Gasteiger charge is -2.32. The minimum atomic E-state index is -0.510. The number of likely N-dealkylation sites (tertiary alicyclic amines) is 1. The van der Waals surface area contributed by atoms with Crippen molar-refractivity contribution < 1.29 is 14.3 Å². The maximum Gasteiger partial charge on any atom is 0.410 e. The summed E-state index contributed by atoms with van der Waals surface area (Å²) >= 11 is 0. The largest absolute Gasteiger partial charge is 0.444 e. The van der Waals surface area contributed by atoms with E-state index >= 15 is 0 Å². The molecule has 1 aliphatic rings. The highest BCUT2D eigenvalue weighted by Gasteiger charge is 2.30. The Bertz CT molecular complexity index is 950. The second-order valence-electron chi connectivity index (χ2n) is 9.31. The molecule has 1 aromatic carbocycles. The number of aromatic nitrogens is 2. The van der Waals surface area contributed by atoms with Crippen LogP contribution in [0.5, 0.6) is 0 Å². The number of piperidine rings is 1. The van der Waals surface area contributed by atoms with Crippen LogP contribution in [0.25, 0.3) is 5.69 Å². The van der Waals surface area contributed by atoms with Crippen LogP contribution < -0.4 is 5.32 Å². The average Bonchev–Trinajstić information content (AvgIpc) is 2.99. The molecule has 0 bridgehead atoms. The summed E-state index contributed by atoms with van der Waals surface area (Å²) in [6, 6.07) is 8.14. The highest BCUT2D eigenvalue weighted by molar-refractivity contribution is 5.79. The summed E-state index contributed by atoms with van der Waals surface area (Å²) in [6.45, 7) is 13.2. The Morgan fingerprint density at radius 3 is 2.39 bits per heavy atom. The Balaban J connectivity index is 1.57. The Kier molecular flexibility index (Phi) is 6.72. The van der Waals surface area contributed by atoms with Gasteiger partial charge in [0.1, 0.15) is 5.60 Å². The SMILES string of the molecule is Cc1ccccc1-n1nc(C)c(CNC(=O)C2CCN(C(=O)OC(C)(C)C)CC2)c1C. The number of nitrogens with zero attached hydrogens (tertiary/aromatic N) is 3. The van der Waals surface area contributed by atoms with E-state index in [9.17, 15) is 9.59 Å². The van der Waals surface area contributed by atoms with Gasteiger partial charge in [0.15, 0.2) is 0 Å². The lowest BCUT2D eigenvalue weighted by Crippen LogP contribution is -2.44. The molecule has 0 saturated carbocycles. The fourth-order valence-electron chi connectivity index (χ4n) is 3.94. The first-order valence-electron chi connectivity index (χ1n) is 10.9. The molecule has 0 unspecified atom stereocenters. The van der Waals surface area contributed by atoms with Crippen LogP contribution in [-0.4, -0.2) is 45.4 Å². The van der Waals surface area contributed by atoms with E-state index in [1.165, 1.54) is 0 Å². The number of hydrogen-bond donors (Lipinski definition) is 1. The van der Waals surface area contributed by atoms with Gasteiger partial charge in [-0.3, -0.25) is 4.79 Å². The van der Waals surface area contributed by atoms with E-state index in [0.29, 0.717) is 32.5 Å². The van der Waals surface area contributed by atoms with Crippen LogP contribution in [-0.2, 0) is 16.1 Å². The molecule has 1 saturated heterocycles. The van der Waals surface area contributed by atoms with Crippen LogP contribution in [0.1, 0.15) is 56.1 Å². The topological polar surface area (TPSA) is 76.5 Å². The molecule has 0 spiro atoms. The molecule has 1 aromatic heterocycles. The molecule has 7 nitrogen and oxygen atoms in total. The summed E-state index contributed by atoms with van der Waals surface area (Å²) in [5.74, 6) is -0.0583. The first-order chi connectivity index (χ1) is 14.6. The van der Waals surface area contributed by atoms with Crippen LogP contribution in [0.2, 0.25) is 0 Å². The van der Waals surface area contributed by atoms with Crippen molar-refractivity contribution in [2.75, 3.05) is 13.1 Å². The number of para-hydroxylation sites is 1. The second-order valence-corrected chi connectivity index (χ2v) is 9.31. The molecule has 168 valence electrons. The Morgan fingerprint density at radius 2 is 1.77 bits per heavy atom. The normalized spacial score (nSPS) is 15.1. The number of rotatable bonds is 4. The van der Waals surface area contributed by atoms with Gasteiger partial charge in [-0.2, -0.15) is 5.10 Å². The highest BCUT2D eigenvalue weighted by atomic mass is 16.6. The lowest BCUT2D eigenvalue weighted by molar-refractivity contribution is -0.126. The number of hydrogen-bond acceptors (Lipinski definition) is 4. The molecular formula is C24H34N4O3. The van der Waals surface area contributed by atoms with Gasteiger partial charge in [0, 0.05) is 36.8 Å². The third kappa shape index (κ3) is 5.46. The summed E-state index contributed by atoms with van der Waals surface area (Å²) in [7, 11) is 0. The predicted molar refractivity (Wildman–Crippen MR) is 120 cm³/mol. The fourth-order valence-corrected chi connectivity index (χ4v) is 3.94. The van der Waals surface area contributed by atoms with Crippen molar-refractivity contribution in [2.24, 2.45) is 5.92 Å². The first kappa shape index (κ1) is 22.8. The highest BCUT2D eigenvalue weighted by Crippen LogP contribution is 2.22. The summed E-state index contributed by atoms with van der Waals surface area (Å²) in [4.78, 5) is 26.7. The van der Waals surface area contributed by atoms with Gasteiger partial charge in [0.25, 0.3) is 0 Å². The van der Waals surface area contributed by atoms with Crippen molar-refractivity contribution in [1.29, 1.82) is 0 Å². The molecule has 2 heterocycles. The van der Waals surface area contributed by atoms with Gasteiger partial charge in [-0.15, -0.1) is 0 Å². The van der Waals surface area contributed by atoms with E-state index in [1.54, 1.807) is 4.90 Å². The van der Waals surface area contributed by atoms with Crippen molar-refractivity contribution >= 4 is 12.0 Å². The third-order valence-corrected chi connectivity index (χ3v) is 5.74. The van der Waals surface area contributed by atoms with Gasteiger partial charge in [-0.1, -0.05) is 18.2 Å². The minimum Gasteiger partial charge on any atom is -0.444 e. The third-order valence-electron chi connectivity index (χ3n) is 5.74. The zero-order valence-electron chi connectivity index (χ0n) is 19.5. The van der Waals surface area contributed by atoms with E-state index in [0.717, 1.165) is 28.2 Å². The molecule has 2 amide bonds. The van der Waals surface area contributed by atoms with Crippen molar-refractivity contribution in [3.8, 4) is 5.69 Å². The standard InChI is InChI=1S/C24H34N4O3/c1-16-9-7-8-10-21(16)28-18(3)20(17(2)26-28)15-25-22(29)19-11-13-27(14-12-19)23(30)31-24(4,5)6/h7-10,19H,11-15H2,1-6H3,(H,25,29). The molecule has 0 aliphatic carbocycles. The molecule has 1 aliphatic heterocycles.